The molecule has 5 nitrogen and oxygen atoms in total. The Morgan fingerprint density at radius 3 is 2.65 bits per heavy atom. The van der Waals surface area contributed by atoms with Crippen molar-refractivity contribution in [2.45, 2.75) is 25.3 Å². The number of imidazole rings is 1. The zero-order valence-corrected chi connectivity index (χ0v) is 12.2. The number of carboxylic acids is 1. The largest absolute Gasteiger partial charge is 0.481 e. The molecule has 0 radical (unpaired) electrons. The number of para-hydroxylation sites is 1. The quantitative estimate of drug-likeness (QED) is 0.858. The van der Waals surface area contributed by atoms with Crippen LogP contribution in [0.1, 0.15) is 12.6 Å². The minimum atomic E-state index is -0.876. The number of aryl methyl sites for hydroxylation is 1. The van der Waals surface area contributed by atoms with Crippen LogP contribution in [0.25, 0.3) is 5.69 Å². The van der Waals surface area contributed by atoms with Crippen molar-refractivity contribution in [3.8, 4) is 5.69 Å². The Morgan fingerprint density at radius 1 is 1.35 bits per heavy atom. The van der Waals surface area contributed by atoms with Gasteiger partial charge in [-0.2, -0.15) is 0 Å². The van der Waals surface area contributed by atoms with Crippen molar-refractivity contribution in [3.05, 3.63) is 46.6 Å². The third-order valence-corrected chi connectivity index (χ3v) is 4.02. The number of hydrogen-bond donors (Lipinski definition) is 1. The second-order valence-corrected chi connectivity index (χ2v) is 5.33. The lowest BCUT2D eigenvalue weighted by atomic mass is 10.3. The van der Waals surface area contributed by atoms with Crippen molar-refractivity contribution in [1.82, 2.24) is 9.13 Å². The number of nitrogens with zero attached hydrogens (tertiary/aromatic N) is 2. The molecule has 1 heterocycles. The minimum Gasteiger partial charge on any atom is -0.481 e. The summed E-state index contributed by atoms with van der Waals surface area (Å²) in [7, 11) is 0. The first kappa shape index (κ1) is 14.5. The molecule has 20 heavy (non-hydrogen) atoms. The highest BCUT2D eigenvalue weighted by Gasteiger charge is 2.12. The lowest BCUT2D eigenvalue weighted by Crippen LogP contribution is -2.23. The zero-order valence-electron chi connectivity index (χ0n) is 11.4. The Bertz CT molecular complexity index is 688. The summed E-state index contributed by atoms with van der Waals surface area (Å²) in [5.74, 6) is -0.904. The molecule has 0 saturated carbocycles. The molecule has 0 amide bonds. The van der Waals surface area contributed by atoms with E-state index >= 15 is 0 Å². The van der Waals surface area contributed by atoms with Crippen LogP contribution in [0, 0.1) is 6.92 Å². The monoisotopic (exact) mass is 292 g/mol. The molecule has 0 unspecified atom stereocenters. The number of thioether (sulfide) groups is 1. The molecule has 106 valence electrons. The Kier molecular flexibility index (Phi) is 4.34. The van der Waals surface area contributed by atoms with E-state index in [1.165, 1.54) is 11.8 Å². The summed E-state index contributed by atoms with van der Waals surface area (Å²) in [4.78, 5) is 23.8. The Hall–Kier alpha value is -1.95. The predicted octanol–water partition coefficient (Wildman–Crippen LogP) is 2.14. The maximum atomic E-state index is 12.3. The Balaban J connectivity index is 2.48. The molecule has 6 heteroatoms. The second kappa shape index (κ2) is 6.00. The van der Waals surface area contributed by atoms with Crippen molar-refractivity contribution >= 4 is 17.7 Å². The summed E-state index contributed by atoms with van der Waals surface area (Å²) in [6.07, 6.45) is 1.78. The lowest BCUT2D eigenvalue weighted by Gasteiger charge is -2.08. The van der Waals surface area contributed by atoms with E-state index in [0.717, 1.165) is 16.3 Å². The van der Waals surface area contributed by atoms with Crippen LogP contribution in [-0.2, 0) is 11.3 Å². The third kappa shape index (κ3) is 2.80. The molecule has 0 bridgehead atoms. The first-order valence-corrected chi connectivity index (χ1v) is 7.26. The lowest BCUT2D eigenvalue weighted by molar-refractivity contribution is -0.133. The van der Waals surface area contributed by atoms with Gasteiger partial charge in [0.1, 0.15) is 0 Å². The molecular formula is C14H16N2O3S. The number of hydrogen-bond acceptors (Lipinski definition) is 3. The standard InChI is InChI=1S/C14H16N2O3S/c1-3-15-10(2)8-16(14(15)19)11-6-4-5-7-12(11)20-9-13(17)18/h4-8H,3,9H2,1-2H3,(H,17,18). The summed E-state index contributed by atoms with van der Waals surface area (Å²) in [5, 5.41) is 8.78. The number of aliphatic carboxylic acids is 1. The fourth-order valence-electron chi connectivity index (χ4n) is 2.07. The normalized spacial score (nSPS) is 10.7. The molecular weight excluding hydrogens is 276 g/mol. The van der Waals surface area contributed by atoms with E-state index < -0.39 is 5.97 Å². The second-order valence-electron chi connectivity index (χ2n) is 4.32. The van der Waals surface area contributed by atoms with E-state index in [1.54, 1.807) is 15.3 Å². The number of rotatable bonds is 5. The van der Waals surface area contributed by atoms with E-state index in [2.05, 4.69) is 0 Å². The average Bonchev–Trinajstić information content (AvgIpc) is 2.71. The fraction of sp³-hybridized carbons (Fsp3) is 0.286. The van der Waals surface area contributed by atoms with Crippen LogP contribution < -0.4 is 5.69 Å². The van der Waals surface area contributed by atoms with Crippen LogP contribution in [-0.4, -0.2) is 26.0 Å². The van der Waals surface area contributed by atoms with Crippen LogP contribution in [0.5, 0.6) is 0 Å². The van der Waals surface area contributed by atoms with Gasteiger partial charge in [0.2, 0.25) is 0 Å². The molecule has 0 aliphatic heterocycles. The molecule has 0 aliphatic carbocycles. The molecule has 0 fully saturated rings. The van der Waals surface area contributed by atoms with Gasteiger partial charge in [0.15, 0.2) is 0 Å². The highest BCUT2D eigenvalue weighted by molar-refractivity contribution is 8.00. The van der Waals surface area contributed by atoms with E-state index in [0.29, 0.717) is 6.54 Å². The predicted molar refractivity (Wildman–Crippen MR) is 78.8 cm³/mol. The first-order valence-electron chi connectivity index (χ1n) is 6.27. The van der Waals surface area contributed by atoms with Crippen LogP contribution in [0.4, 0.5) is 0 Å². The van der Waals surface area contributed by atoms with Crippen LogP contribution >= 0.6 is 11.8 Å². The fourth-order valence-corrected chi connectivity index (χ4v) is 2.84. The summed E-state index contributed by atoms with van der Waals surface area (Å²) >= 11 is 1.21. The SMILES string of the molecule is CCn1c(C)cn(-c2ccccc2SCC(=O)O)c1=O. The van der Waals surface area contributed by atoms with Gasteiger partial charge in [-0.3, -0.25) is 13.9 Å². The smallest absolute Gasteiger partial charge is 0.332 e. The third-order valence-electron chi connectivity index (χ3n) is 2.97. The maximum Gasteiger partial charge on any atom is 0.332 e. The summed E-state index contributed by atoms with van der Waals surface area (Å²) < 4.78 is 3.25. The van der Waals surface area contributed by atoms with Crippen molar-refractivity contribution in [3.63, 3.8) is 0 Å². The van der Waals surface area contributed by atoms with Crippen molar-refractivity contribution < 1.29 is 9.90 Å². The van der Waals surface area contributed by atoms with Crippen LogP contribution in [0.3, 0.4) is 0 Å². The van der Waals surface area contributed by atoms with Gasteiger partial charge in [-0.1, -0.05) is 12.1 Å². The molecule has 0 saturated heterocycles. The van der Waals surface area contributed by atoms with Crippen molar-refractivity contribution in [2.75, 3.05) is 5.75 Å². The average molecular weight is 292 g/mol. The van der Waals surface area contributed by atoms with Gasteiger partial charge in [0.25, 0.3) is 0 Å². The Morgan fingerprint density at radius 2 is 2.05 bits per heavy atom. The van der Waals surface area contributed by atoms with Gasteiger partial charge in [0.05, 0.1) is 11.4 Å². The molecule has 1 N–H and O–H groups in total. The molecule has 2 rings (SSSR count). The van der Waals surface area contributed by atoms with Gasteiger partial charge >= 0.3 is 11.7 Å². The van der Waals surface area contributed by atoms with Gasteiger partial charge in [-0.05, 0) is 26.0 Å². The van der Waals surface area contributed by atoms with Gasteiger partial charge < -0.3 is 5.11 Å². The highest BCUT2D eigenvalue weighted by atomic mass is 32.2. The molecule has 1 aromatic heterocycles. The van der Waals surface area contributed by atoms with Gasteiger partial charge in [0, 0.05) is 23.3 Å². The van der Waals surface area contributed by atoms with E-state index in [1.807, 2.05) is 38.1 Å². The Labute approximate surface area is 120 Å². The number of carbonyl (C=O) groups is 1. The summed E-state index contributed by atoms with van der Waals surface area (Å²) in [6, 6.07) is 7.33. The highest BCUT2D eigenvalue weighted by Crippen LogP contribution is 2.25. The number of aromatic nitrogens is 2. The number of benzene rings is 1. The molecule has 2 aromatic rings. The molecule has 0 aliphatic rings. The van der Waals surface area contributed by atoms with E-state index in [-0.39, 0.29) is 11.4 Å². The van der Waals surface area contributed by atoms with Crippen LogP contribution in [0.15, 0.2) is 40.2 Å². The topological polar surface area (TPSA) is 64.2 Å². The molecule has 1 aromatic carbocycles. The van der Waals surface area contributed by atoms with Crippen molar-refractivity contribution in [2.24, 2.45) is 0 Å². The first-order chi connectivity index (χ1) is 9.54. The molecule has 0 spiro atoms. The van der Waals surface area contributed by atoms with Gasteiger partial charge in [-0.25, -0.2) is 4.79 Å². The van der Waals surface area contributed by atoms with Crippen LogP contribution in [0.2, 0.25) is 0 Å². The van der Waals surface area contributed by atoms with Gasteiger partial charge in [-0.15, -0.1) is 11.8 Å². The van der Waals surface area contributed by atoms with Crippen molar-refractivity contribution in [1.29, 1.82) is 0 Å². The molecule has 0 atom stereocenters. The maximum absolute atomic E-state index is 12.3. The minimum absolute atomic E-state index is 0.0285. The summed E-state index contributed by atoms with van der Waals surface area (Å²) in [6.45, 7) is 4.42. The zero-order chi connectivity index (χ0) is 14.7. The van der Waals surface area contributed by atoms with E-state index in [9.17, 15) is 9.59 Å². The summed E-state index contributed by atoms with van der Waals surface area (Å²) in [5.41, 5.74) is 1.50. The number of carboxylic acid groups (broad SMARTS) is 1. The van der Waals surface area contributed by atoms with E-state index in [4.69, 9.17) is 5.11 Å².